The summed E-state index contributed by atoms with van der Waals surface area (Å²) in [6, 6.07) is 10.9. The van der Waals surface area contributed by atoms with Crippen LogP contribution in [0.2, 0.25) is 0 Å². The first-order valence-electron chi connectivity index (χ1n) is 9.88. The predicted octanol–water partition coefficient (Wildman–Crippen LogP) is 4.37. The van der Waals surface area contributed by atoms with Gasteiger partial charge in [-0.2, -0.15) is 0 Å². The van der Waals surface area contributed by atoms with Crippen LogP contribution in [0.3, 0.4) is 0 Å². The number of hydrogen-bond donors (Lipinski definition) is 0. The second kappa shape index (κ2) is 7.93. The van der Waals surface area contributed by atoms with Gasteiger partial charge in [0, 0.05) is 49.6 Å². The van der Waals surface area contributed by atoms with Crippen LogP contribution in [0.4, 0.5) is 5.82 Å². The fraction of sp³-hybridized carbons (Fsp3) is 0.318. The Labute approximate surface area is 173 Å². The molecule has 29 heavy (non-hydrogen) atoms. The molecule has 0 bridgehead atoms. The first kappa shape index (κ1) is 18.3. The summed E-state index contributed by atoms with van der Waals surface area (Å²) in [5, 5.41) is 3.36. The Morgan fingerprint density at radius 2 is 2.10 bits per heavy atom. The molecule has 1 aliphatic rings. The zero-order chi connectivity index (χ0) is 19.6. The Morgan fingerprint density at radius 1 is 1.21 bits per heavy atom. The van der Waals surface area contributed by atoms with E-state index in [1.807, 2.05) is 24.8 Å². The minimum atomic E-state index is 0.390. The quantitative estimate of drug-likeness (QED) is 0.477. The van der Waals surface area contributed by atoms with E-state index in [2.05, 4.69) is 44.1 Å². The van der Waals surface area contributed by atoms with Crippen molar-refractivity contribution in [3.8, 4) is 11.1 Å². The third-order valence-electron chi connectivity index (χ3n) is 5.45. The van der Waals surface area contributed by atoms with Crippen LogP contribution in [0.15, 0.2) is 54.4 Å². The Kier molecular flexibility index (Phi) is 4.99. The van der Waals surface area contributed by atoms with E-state index >= 15 is 0 Å². The van der Waals surface area contributed by atoms with Crippen molar-refractivity contribution in [1.29, 1.82) is 0 Å². The van der Waals surface area contributed by atoms with Crippen molar-refractivity contribution in [3.63, 3.8) is 0 Å². The molecule has 1 unspecified atom stereocenters. The van der Waals surface area contributed by atoms with Crippen molar-refractivity contribution in [2.24, 2.45) is 0 Å². The van der Waals surface area contributed by atoms with Gasteiger partial charge in [0.25, 0.3) is 0 Å². The third kappa shape index (κ3) is 3.52. The summed E-state index contributed by atoms with van der Waals surface area (Å²) in [6.07, 6.45) is 8.07. The zero-order valence-electron chi connectivity index (χ0n) is 16.4. The minimum absolute atomic E-state index is 0.390. The Bertz CT molecular complexity index is 1090. The number of methoxy groups -OCH3 is 1. The van der Waals surface area contributed by atoms with Crippen LogP contribution >= 0.6 is 11.3 Å². The number of thiophene rings is 1. The van der Waals surface area contributed by atoms with Crippen LogP contribution in [-0.2, 0) is 17.9 Å². The van der Waals surface area contributed by atoms with E-state index in [-0.39, 0.29) is 0 Å². The number of imidazole rings is 1. The molecule has 0 saturated carbocycles. The summed E-state index contributed by atoms with van der Waals surface area (Å²) < 4.78 is 7.50. The molecule has 6 nitrogen and oxygen atoms in total. The lowest BCUT2D eigenvalue weighted by atomic mass is 10.1. The van der Waals surface area contributed by atoms with Crippen molar-refractivity contribution >= 4 is 27.4 Å². The van der Waals surface area contributed by atoms with Gasteiger partial charge in [0.05, 0.1) is 11.7 Å². The molecule has 3 aromatic heterocycles. The molecule has 0 amide bonds. The predicted molar refractivity (Wildman–Crippen MR) is 116 cm³/mol. The third-order valence-corrected chi connectivity index (χ3v) is 6.32. The van der Waals surface area contributed by atoms with E-state index in [0.29, 0.717) is 12.6 Å². The van der Waals surface area contributed by atoms with Gasteiger partial charge in [-0.15, -0.1) is 11.3 Å². The Morgan fingerprint density at radius 3 is 2.90 bits per heavy atom. The lowest BCUT2D eigenvalue weighted by molar-refractivity contribution is 0.178. The van der Waals surface area contributed by atoms with Crippen molar-refractivity contribution < 1.29 is 4.74 Å². The maximum absolute atomic E-state index is 5.35. The first-order valence-corrected chi connectivity index (χ1v) is 10.8. The molecule has 0 aliphatic carbocycles. The number of hydrogen-bond acceptors (Lipinski definition) is 6. The van der Waals surface area contributed by atoms with E-state index in [9.17, 15) is 0 Å². The number of anilines is 1. The lowest BCUT2D eigenvalue weighted by Gasteiger charge is -2.27. The highest BCUT2D eigenvalue weighted by molar-refractivity contribution is 7.17. The van der Waals surface area contributed by atoms with Gasteiger partial charge in [-0.3, -0.25) is 0 Å². The first-order chi connectivity index (χ1) is 14.3. The van der Waals surface area contributed by atoms with E-state index in [1.54, 1.807) is 18.4 Å². The van der Waals surface area contributed by atoms with E-state index in [1.165, 1.54) is 11.1 Å². The molecule has 1 saturated heterocycles. The van der Waals surface area contributed by atoms with E-state index < -0.39 is 0 Å². The zero-order valence-corrected chi connectivity index (χ0v) is 17.2. The number of benzene rings is 1. The molecule has 1 fully saturated rings. The second-order valence-corrected chi connectivity index (χ2v) is 8.20. The van der Waals surface area contributed by atoms with Crippen LogP contribution in [0.5, 0.6) is 0 Å². The fourth-order valence-corrected chi connectivity index (χ4v) is 5.10. The van der Waals surface area contributed by atoms with Crippen LogP contribution in [-0.4, -0.2) is 39.2 Å². The van der Waals surface area contributed by atoms with Gasteiger partial charge in [-0.05, 0) is 18.4 Å². The molecule has 148 valence electrons. The molecule has 0 N–H and O–H groups in total. The highest BCUT2D eigenvalue weighted by atomic mass is 32.1. The summed E-state index contributed by atoms with van der Waals surface area (Å²) in [7, 11) is 1.69. The molecular formula is C22H23N5OS. The van der Waals surface area contributed by atoms with Crippen LogP contribution in [0.1, 0.15) is 18.7 Å². The monoisotopic (exact) mass is 405 g/mol. The normalized spacial score (nSPS) is 16.7. The number of nitrogens with zero attached hydrogens (tertiary/aromatic N) is 5. The molecule has 1 atom stereocenters. The second-order valence-electron chi connectivity index (χ2n) is 7.34. The summed E-state index contributed by atoms with van der Waals surface area (Å²) in [5.74, 6) is 1.77. The summed E-state index contributed by atoms with van der Waals surface area (Å²) in [4.78, 5) is 17.4. The number of fused-ring (bicyclic) bond motifs is 1. The van der Waals surface area contributed by atoms with Crippen molar-refractivity contribution in [1.82, 2.24) is 19.5 Å². The molecule has 4 aromatic rings. The summed E-state index contributed by atoms with van der Waals surface area (Å²) in [6.45, 7) is 2.33. The molecule has 4 heterocycles. The maximum atomic E-state index is 5.35. The van der Waals surface area contributed by atoms with Gasteiger partial charge in [0.1, 0.15) is 17.3 Å². The SMILES string of the molecule is COCc1nc(N2CCCC2Cn2ccnc2)c2c(-c3ccccc3)csc2n1. The van der Waals surface area contributed by atoms with Crippen molar-refractivity contribution in [3.05, 3.63) is 60.3 Å². The van der Waals surface area contributed by atoms with Gasteiger partial charge >= 0.3 is 0 Å². The Balaban J connectivity index is 1.63. The van der Waals surface area contributed by atoms with Crippen molar-refractivity contribution in [2.75, 3.05) is 18.6 Å². The smallest absolute Gasteiger partial charge is 0.158 e. The van der Waals surface area contributed by atoms with Gasteiger partial charge in [-0.1, -0.05) is 30.3 Å². The van der Waals surface area contributed by atoms with Crippen LogP contribution in [0.25, 0.3) is 21.3 Å². The van der Waals surface area contributed by atoms with Gasteiger partial charge in [-0.25, -0.2) is 15.0 Å². The fourth-order valence-electron chi connectivity index (χ4n) is 4.14. The van der Waals surface area contributed by atoms with E-state index in [4.69, 9.17) is 14.7 Å². The van der Waals surface area contributed by atoms with Gasteiger partial charge in [0.15, 0.2) is 5.82 Å². The summed E-state index contributed by atoms with van der Waals surface area (Å²) in [5.41, 5.74) is 2.41. The highest BCUT2D eigenvalue weighted by Gasteiger charge is 2.29. The maximum Gasteiger partial charge on any atom is 0.158 e. The van der Waals surface area contributed by atoms with Crippen LogP contribution < -0.4 is 4.90 Å². The number of rotatable bonds is 6. The molecule has 0 radical (unpaired) electrons. The molecular weight excluding hydrogens is 382 g/mol. The van der Waals surface area contributed by atoms with Gasteiger partial charge in [0.2, 0.25) is 0 Å². The van der Waals surface area contributed by atoms with E-state index in [0.717, 1.165) is 47.8 Å². The minimum Gasteiger partial charge on any atom is -0.377 e. The average Bonchev–Trinajstić information content (AvgIpc) is 3.50. The molecule has 5 rings (SSSR count). The van der Waals surface area contributed by atoms with Crippen LogP contribution in [0, 0.1) is 0 Å². The lowest BCUT2D eigenvalue weighted by Crippen LogP contribution is -2.33. The molecule has 0 spiro atoms. The molecule has 7 heteroatoms. The topological polar surface area (TPSA) is 56.1 Å². The van der Waals surface area contributed by atoms with Crippen molar-refractivity contribution in [2.45, 2.75) is 32.0 Å². The summed E-state index contributed by atoms with van der Waals surface area (Å²) >= 11 is 1.68. The number of aromatic nitrogens is 4. The van der Waals surface area contributed by atoms with Gasteiger partial charge < -0.3 is 14.2 Å². The number of ether oxygens (including phenoxy) is 1. The average molecular weight is 406 g/mol. The molecule has 1 aromatic carbocycles. The highest BCUT2D eigenvalue weighted by Crippen LogP contribution is 2.40. The molecule has 1 aliphatic heterocycles. The Hall–Kier alpha value is -2.77. The standard InChI is InChI=1S/C22H23N5OS/c1-28-13-19-24-21(27-10-5-8-17(27)12-26-11-9-23-15-26)20-18(14-29-22(20)25-19)16-6-3-2-4-7-16/h2-4,6-7,9,11,14-15,17H,5,8,10,12-13H2,1H3. The largest absolute Gasteiger partial charge is 0.377 e.